The average Bonchev–Trinajstić information content (AvgIpc) is 2.89. The van der Waals surface area contributed by atoms with Crippen molar-refractivity contribution in [2.45, 2.75) is 13.5 Å². The Labute approximate surface area is 175 Å². The van der Waals surface area contributed by atoms with E-state index in [4.69, 9.17) is 17.0 Å². The fourth-order valence-corrected chi connectivity index (χ4v) is 5.30. The van der Waals surface area contributed by atoms with Crippen molar-refractivity contribution in [2.24, 2.45) is 0 Å². The summed E-state index contributed by atoms with van der Waals surface area (Å²) in [7, 11) is 1.71. The highest BCUT2D eigenvalue weighted by atomic mass is 35.5. The second kappa shape index (κ2) is 9.99. The molecule has 4 nitrogen and oxygen atoms in total. The first-order valence-corrected chi connectivity index (χ1v) is 10.7. The van der Waals surface area contributed by atoms with E-state index < -0.39 is 0 Å². The molecular formula is C18H23ClN2O2S3. The van der Waals surface area contributed by atoms with E-state index in [9.17, 15) is 4.79 Å². The SMILES string of the molecule is CCN1C(=O)/C(=C\c2ccc(OC)c(CN3CCSCC3)c2)SC1=S.Cl. The molecule has 0 saturated carbocycles. The Morgan fingerprint density at radius 2 is 2.04 bits per heavy atom. The van der Waals surface area contributed by atoms with Crippen molar-refractivity contribution in [2.75, 3.05) is 38.2 Å². The van der Waals surface area contributed by atoms with Gasteiger partial charge in [0.05, 0.1) is 12.0 Å². The summed E-state index contributed by atoms with van der Waals surface area (Å²) in [5.41, 5.74) is 2.17. The molecule has 3 rings (SSSR count). The van der Waals surface area contributed by atoms with Gasteiger partial charge in [0.2, 0.25) is 0 Å². The monoisotopic (exact) mass is 430 g/mol. The molecule has 8 heteroatoms. The Morgan fingerprint density at radius 3 is 2.65 bits per heavy atom. The third-order valence-corrected chi connectivity index (χ3v) is 6.61. The Hall–Kier alpha value is -0.730. The molecule has 0 N–H and O–H groups in total. The maximum atomic E-state index is 12.4. The number of benzene rings is 1. The maximum absolute atomic E-state index is 12.4. The van der Waals surface area contributed by atoms with Crippen molar-refractivity contribution in [3.63, 3.8) is 0 Å². The number of hydrogen-bond donors (Lipinski definition) is 0. The molecule has 1 aromatic carbocycles. The van der Waals surface area contributed by atoms with E-state index in [1.807, 2.05) is 36.9 Å². The Balaban J connectivity index is 0.00000243. The number of halogens is 1. The number of ether oxygens (including phenoxy) is 1. The summed E-state index contributed by atoms with van der Waals surface area (Å²) >= 11 is 8.67. The zero-order chi connectivity index (χ0) is 17.8. The lowest BCUT2D eigenvalue weighted by atomic mass is 10.1. The summed E-state index contributed by atoms with van der Waals surface area (Å²) in [6.45, 7) is 5.64. The molecule has 26 heavy (non-hydrogen) atoms. The van der Waals surface area contributed by atoms with Crippen LogP contribution in [0.3, 0.4) is 0 Å². The predicted molar refractivity (Wildman–Crippen MR) is 118 cm³/mol. The van der Waals surface area contributed by atoms with E-state index in [0.717, 1.165) is 36.5 Å². The van der Waals surface area contributed by atoms with Gasteiger partial charge in [0.1, 0.15) is 10.1 Å². The van der Waals surface area contributed by atoms with Crippen LogP contribution in [0.25, 0.3) is 6.08 Å². The van der Waals surface area contributed by atoms with Gasteiger partial charge in [-0.1, -0.05) is 30.0 Å². The summed E-state index contributed by atoms with van der Waals surface area (Å²) < 4.78 is 6.17. The Bertz CT molecular complexity index is 706. The van der Waals surface area contributed by atoms with Gasteiger partial charge in [-0.15, -0.1) is 12.4 Å². The minimum Gasteiger partial charge on any atom is -0.496 e. The lowest BCUT2D eigenvalue weighted by Gasteiger charge is -2.26. The number of thiocarbonyl (C=S) groups is 1. The number of amides is 1. The van der Waals surface area contributed by atoms with E-state index in [2.05, 4.69) is 11.0 Å². The maximum Gasteiger partial charge on any atom is 0.266 e. The molecule has 1 aromatic rings. The van der Waals surface area contributed by atoms with Gasteiger partial charge in [-0.25, -0.2) is 0 Å². The van der Waals surface area contributed by atoms with Gasteiger partial charge in [-0.05, 0) is 30.7 Å². The average molecular weight is 431 g/mol. The van der Waals surface area contributed by atoms with Crippen molar-refractivity contribution in [1.29, 1.82) is 0 Å². The Morgan fingerprint density at radius 1 is 1.31 bits per heavy atom. The summed E-state index contributed by atoms with van der Waals surface area (Å²) in [6.07, 6.45) is 1.93. The number of methoxy groups -OCH3 is 1. The summed E-state index contributed by atoms with van der Waals surface area (Å²) in [4.78, 5) is 17.2. The van der Waals surface area contributed by atoms with Crippen LogP contribution in [0.5, 0.6) is 5.75 Å². The zero-order valence-corrected chi connectivity index (χ0v) is 18.2. The first-order valence-electron chi connectivity index (χ1n) is 8.34. The second-order valence-corrected chi connectivity index (χ2v) is 8.79. The summed E-state index contributed by atoms with van der Waals surface area (Å²) in [5, 5.41) is 0. The molecule has 2 saturated heterocycles. The van der Waals surface area contributed by atoms with Gasteiger partial charge < -0.3 is 4.74 Å². The minimum atomic E-state index is 0. The van der Waals surface area contributed by atoms with Crippen molar-refractivity contribution in [1.82, 2.24) is 9.80 Å². The quantitative estimate of drug-likeness (QED) is 0.520. The van der Waals surface area contributed by atoms with Crippen molar-refractivity contribution >= 4 is 64.5 Å². The van der Waals surface area contributed by atoms with Crippen LogP contribution in [0.15, 0.2) is 23.1 Å². The van der Waals surface area contributed by atoms with Crippen LogP contribution in [0.1, 0.15) is 18.1 Å². The fraction of sp³-hybridized carbons (Fsp3) is 0.444. The highest BCUT2D eigenvalue weighted by Crippen LogP contribution is 2.33. The topological polar surface area (TPSA) is 32.8 Å². The van der Waals surface area contributed by atoms with E-state index in [1.165, 1.54) is 23.3 Å². The van der Waals surface area contributed by atoms with Gasteiger partial charge in [0.15, 0.2) is 0 Å². The minimum absolute atomic E-state index is 0. The number of carbonyl (C=O) groups is 1. The van der Waals surface area contributed by atoms with Gasteiger partial charge in [-0.2, -0.15) is 11.8 Å². The van der Waals surface area contributed by atoms with Crippen LogP contribution in [-0.4, -0.2) is 58.3 Å². The van der Waals surface area contributed by atoms with Gasteiger partial charge in [0, 0.05) is 43.2 Å². The molecule has 2 aliphatic heterocycles. The molecular weight excluding hydrogens is 408 g/mol. The molecule has 0 bridgehead atoms. The largest absolute Gasteiger partial charge is 0.496 e. The molecule has 0 radical (unpaired) electrons. The van der Waals surface area contributed by atoms with Gasteiger partial charge >= 0.3 is 0 Å². The molecule has 0 atom stereocenters. The third kappa shape index (κ3) is 4.95. The smallest absolute Gasteiger partial charge is 0.266 e. The molecule has 1 amide bonds. The number of hydrogen-bond acceptors (Lipinski definition) is 6. The van der Waals surface area contributed by atoms with Gasteiger partial charge in [-0.3, -0.25) is 14.6 Å². The lowest BCUT2D eigenvalue weighted by molar-refractivity contribution is -0.121. The van der Waals surface area contributed by atoms with E-state index >= 15 is 0 Å². The van der Waals surface area contributed by atoms with E-state index in [1.54, 1.807) is 12.0 Å². The van der Waals surface area contributed by atoms with Crippen LogP contribution in [0.2, 0.25) is 0 Å². The lowest BCUT2D eigenvalue weighted by Crippen LogP contribution is -2.32. The molecule has 2 aliphatic rings. The number of rotatable bonds is 5. The first kappa shape index (κ1) is 21.6. The summed E-state index contributed by atoms with van der Waals surface area (Å²) in [6, 6.07) is 6.10. The van der Waals surface area contributed by atoms with Crippen molar-refractivity contribution in [3.8, 4) is 5.75 Å². The number of likely N-dealkylation sites (N-methyl/N-ethyl adjacent to an activating group) is 1. The van der Waals surface area contributed by atoms with Crippen molar-refractivity contribution < 1.29 is 9.53 Å². The number of carbonyl (C=O) groups excluding carboxylic acids is 1. The molecule has 0 spiro atoms. The van der Waals surface area contributed by atoms with Gasteiger partial charge in [0.25, 0.3) is 5.91 Å². The standard InChI is InChI=1S/C18H22N2O2S3.ClH/c1-3-20-17(21)16(25-18(20)23)11-13-4-5-15(22-2)14(10-13)12-19-6-8-24-9-7-19;/h4-5,10-11H,3,6-9,12H2,1-2H3;1H/b16-11+;. The Kier molecular flexibility index (Phi) is 8.29. The number of nitrogens with zero attached hydrogens (tertiary/aromatic N) is 2. The number of thioether (sulfide) groups is 2. The predicted octanol–water partition coefficient (Wildman–Crippen LogP) is 3.89. The molecule has 2 fully saturated rings. The highest BCUT2D eigenvalue weighted by Gasteiger charge is 2.30. The highest BCUT2D eigenvalue weighted by molar-refractivity contribution is 8.26. The van der Waals surface area contributed by atoms with Crippen LogP contribution >= 0.6 is 48.1 Å². The van der Waals surface area contributed by atoms with E-state index in [0.29, 0.717) is 15.8 Å². The molecule has 0 aliphatic carbocycles. The molecule has 142 valence electrons. The molecule has 0 aromatic heterocycles. The van der Waals surface area contributed by atoms with E-state index in [-0.39, 0.29) is 18.3 Å². The third-order valence-electron chi connectivity index (χ3n) is 4.29. The van der Waals surface area contributed by atoms with Crippen LogP contribution in [0, 0.1) is 0 Å². The normalized spacial score (nSPS) is 19.8. The first-order chi connectivity index (χ1) is 12.1. The second-order valence-electron chi connectivity index (χ2n) is 5.89. The molecule has 0 unspecified atom stereocenters. The molecule has 2 heterocycles. The fourth-order valence-electron chi connectivity index (χ4n) is 2.94. The van der Waals surface area contributed by atoms with Crippen LogP contribution in [0.4, 0.5) is 0 Å². The van der Waals surface area contributed by atoms with Crippen molar-refractivity contribution in [3.05, 3.63) is 34.2 Å². The van der Waals surface area contributed by atoms with Crippen LogP contribution in [-0.2, 0) is 11.3 Å². The summed E-state index contributed by atoms with van der Waals surface area (Å²) in [5.74, 6) is 3.27. The van der Waals surface area contributed by atoms with Crippen LogP contribution < -0.4 is 4.74 Å². The zero-order valence-electron chi connectivity index (χ0n) is 14.9.